The Morgan fingerprint density at radius 2 is 1.73 bits per heavy atom. The zero-order valence-electron chi connectivity index (χ0n) is 15.6. The Labute approximate surface area is 164 Å². The summed E-state index contributed by atoms with van der Waals surface area (Å²) in [5, 5.41) is 3.81. The van der Waals surface area contributed by atoms with Gasteiger partial charge in [-0.15, -0.1) is 0 Å². The van der Waals surface area contributed by atoms with Crippen molar-refractivity contribution in [3.63, 3.8) is 0 Å². The maximum Gasteiger partial charge on any atom is 0.327 e. The van der Waals surface area contributed by atoms with E-state index in [0.29, 0.717) is 15.7 Å². The van der Waals surface area contributed by atoms with E-state index in [1.807, 2.05) is 25.7 Å². The molecule has 2 aromatic rings. The van der Waals surface area contributed by atoms with Crippen LogP contribution in [0.25, 0.3) is 5.57 Å². The summed E-state index contributed by atoms with van der Waals surface area (Å²) < 4.78 is 0. The highest BCUT2D eigenvalue weighted by atomic mass is 35.5. The van der Waals surface area contributed by atoms with Gasteiger partial charge >= 0.3 is 6.03 Å². The third-order valence-electron chi connectivity index (χ3n) is 4.61. The molecule has 26 heavy (non-hydrogen) atoms. The van der Waals surface area contributed by atoms with E-state index in [1.54, 1.807) is 18.2 Å². The molecule has 0 bridgehead atoms. The monoisotopic (exact) mass is 388 g/mol. The Morgan fingerprint density at radius 3 is 2.38 bits per heavy atom. The number of rotatable bonds is 1. The highest BCUT2D eigenvalue weighted by Crippen LogP contribution is 2.42. The average molecular weight is 389 g/mol. The quantitative estimate of drug-likeness (QED) is 0.569. The minimum atomic E-state index is -0.461. The molecule has 2 aromatic carbocycles. The fourth-order valence-corrected chi connectivity index (χ4v) is 3.93. The largest absolute Gasteiger partial charge is 0.327 e. The number of hydrogen-bond donors (Lipinski definition) is 1. The number of amides is 2. The number of urea groups is 1. The number of nitrogens with one attached hydrogen (secondary N) is 1. The number of benzene rings is 2. The van der Waals surface area contributed by atoms with Crippen LogP contribution in [0.5, 0.6) is 0 Å². The molecule has 1 heterocycles. The number of carbonyl (C=O) groups is 1. The van der Waals surface area contributed by atoms with Crippen molar-refractivity contribution >= 4 is 46.2 Å². The summed E-state index contributed by atoms with van der Waals surface area (Å²) in [5.74, 6) is 0. The summed E-state index contributed by atoms with van der Waals surface area (Å²) in [4.78, 5) is 15.0. The number of hydrogen-bond acceptors (Lipinski definition) is 1. The van der Waals surface area contributed by atoms with Gasteiger partial charge in [0, 0.05) is 11.3 Å². The molecular weight excluding hydrogens is 367 g/mol. The van der Waals surface area contributed by atoms with Crippen molar-refractivity contribution in [2.24, 2.45) is 0 Å². The lowest BCUT2D eigenvalue weighted by molar-refractivity contribution is 0.253. The van der Waals surface area contributed by atoms with E-state index in [2.05, 4.69) is 37.4 Å². The molecule has 1 N–H and O–H groups in total. The molecule has 0 saturated carbocycles. The second kappa shape index (κ2) is 6.64. The Bertz CT molecular complexity index is 932. The first-order valence-corrected chi connectivity index (χ1v) is 9.23. The van der Waals surface area contributed by atoms with Crippen LogP contribution >= 0.6 is 23.2 Å². The Hall–Kier alpha value is -1.97. The van der Waals surface area contributed by atoms with Crippen LogP contribution in [-0.4, -0.2) is 11.6 Å². The van der Waals surface area contributed by atoms with Gasteiger partial charge < -0.3 is 5.32 Å². The predicted octanol–water partition coefficient (Wildman–Crippen LogP) is 6.84. The van der Waals surface area contributed by atoms with Gasteiger partial charge in [0.15, 0.2) is 0 Å². The highest BCUT2D eigenvalue weighted by Gasteiger charge is 2.37. The van der Waals surface area contributed by atoms with E-state index < -0.39 is 5.54 Å². The molecule has 136 valence electrons. The van der Waals surface area contributed by atoms with Gasteiger partial charge in [-0.1, -0.05) is 40.9 Å². The third-order valence-corrected chi connectivity index (χ3v) is 5.35. The molecule has 1 aliphatic heterocycles. The average Bonchev–Trinajstić information content (AvgIpc) is 2.51. The van der Waals surface area contributed by atoms with Crippen molar-refractivity contribution in [1.82, 2.24) is 0 Å². The normalized spacial score (nSPS) is 15.3. The number of anilines is 2. The summed E-state index contributed by atoms with van der Waals surface area (Å²) in [5.41, 5.74) is 5.61. The van der Waals surface area contributed by atoms with E-state index in [-0.39, 0.29) is 6.03 Å². The van der Waals surface area contributed by atoms with Gasteiger partial charge in [0.25, 0.3) is 0 Å². The van der Waals surface area contributed by atoms with Crippen LogP contribution in [-0.2, 0) is 0 Å². The number of carbonyl (C=O) groups excluding carboxylic acids is 1. The minimum absolute atomic E-state index is 0.203. The second-order valence-electron chi connectivity index (χ2n) is 7.35. The fourth-order valence-electron chi connectivity index (χ4n) is 3.63. The zero-order valence-corrected chi connectivity index (χ0v) is 17.1. The van der Waals surface area contributed by atoms with Gasteiger partial charge in [-0.3, -0.25) is 4.90 Å². The molecule has 3 rings (SSSR count). The van der Waals surface area contributed by atoms with Gasteiger partial charge in [0.1, 0.15) is 0 Å². The minimum Gasteiger partial charge on any atom is -0.307 e. The molecule has 0 aromatic heterocycles. The first kappa shape index (κ1) is 18.8. The number of nitrogens with zero attached hydrogens (tertiary/aromatic N) is 1. The fraction of sp³-hybridized carbons (Fsp3) is 0.286. The van der Waals surface area contributed by atoms with Crippen LogP contribution in [0, 0.1) is 13.8 Å². The van der Waals surface area contributed by atoms with Crippen LogP contribution in [0.3, 0.4) is 0 Å². The lowest BCUT2D eigenvalue weighted by Crippen LogP contribution is -2.51. The summed E-state index contributed by atoms with van der Waals surface area (Å²) in [6.07, 6.45) is 2.13. The van der Waals surface area contributed by atoms with E-state index in [0.717, 1.165) is 16.8 Å². The van der Waals surface area contributed by atoms with Crippen LogP contribution in [0.4, 0.5) is 16.2 Å². The molecule has 3 nitrogen and oxygen atoms in total. The summed E-state index contributed by atoms with van der Waals surface area (Å²) in [6.45, 7) is 10.3. The van der Waals surface area contributed by atoms with E-state index in [4.69, 9.17) is 23.2 Å². The molecule has 0 unspecified atom stereocenters. The van der Waals surface area contributed by atoms with Crippen molar-refractivity contribution in [3.05, 3.63) is 63.1 Å². The van der Waals surface area contributed by atoms with Crippen molar-refractivity contribution in [2.45, 2.75) is 40.2 Å². The van der Waals surface area contributed by atoms with Crippen LogP contribution in [0.1, 0.15) is 37.5 Å². The van der Waals surface area contributed by atoms with E-state index in [9.17, 15) is 4.79 Å². The third kappa shape index (κ3) is 3.34. The van der Waals surface area contributed by atoms with Gasteiger partial charge in [-0.05, 0) is 70.0 Å². The van der Waals surface area contributed by atoms with Gasteiger partial charge in [0.05, 0.1) is 21.3 Å². The predicted molar refractivity (Wildman–Crippen MR) is 112 cm³/mol. The molecule has 0 fully saturated rings. The lowest BCUT2D eigenvalue weighted by atomic mass is 9.86. The first-order valence-electron chi connectivity index (χ1n) is 8.47. The SMILES string of the molecule is CC1=CC(C)(C)N(C(=O)Nc2ccc(Cl)c(Cl)c2)c2c(C)cc(C)cc21. The van der Waals surface area contributed by atoms with Gasteiger partial charge in [-0.2, -0.15) is 0 Å². The zero-order chi connectivity index (χ0) is 19.2. The number of aryl methyl sites for hydroxylation is 2. The van der Waals surface area contributed by atoms with E-state index >= 15 is 0 Å². The summed E-state index contributed by atoms with van der Waals surface area (Å²) in [7, 11) is 0. The van der Waals surface area contributed by atoms with Gasteiger partial charge in [0.2, 0.25) is 0 Å². The molecule has 5 heteroatoms. The molecule has 1 aliphatic rings. The maximum atomic E-state index is 13.2. The standard InChI is InChI=1S/C21H22Cl2N2O/c1-12-8-13(2)19-16(9-12)14(3)11-21(4,5)25(19)20(26)24-15-6-7-17(22)18(23)10-15/h6-11H,1-5H3,(H,24,26). The van der Waals surface area contributed by atoms with Crippen molar-refractivity contribution in [1.29, 1.82) is 0 Å². The van der Waals surface area contributed by atoms with Crippen LogP contribution < -0.4 is 10.2 Å². The molecular formula is C21H22Cl2N2O. The van der Waals surface area contributed by atoms with Gasteiger partial charge in [-0.25, -0.2) is 4.79 Å². The van der Waals surface area contributed by atoms with Crippen molar-refractivity contribution < 1.29 is 4.79 Å². The van der Waals surface area contributed by atoms with Crippen LogP contribution in [0.15, 0.2) is 36.4 Å². The Morgan fingerprint density at radius 1 is 1.04 bits per heavy atom. The van der Waals surface area contributed by atoms with E-state index in [1.165, 1.54) is 11.1 Å². The number of allylic oxidation sites excluding steroid dienone is 1. The first-order chi connectivity index (χ1) is 12.1. The highest BCUT2D eigenvalue weighted by molar-refractivity contribution is 6.42. The topological polar surface area (TPSA) is 32.3 Å². The number of fused-ring (bicyclic) bond motifs is 1. The molecule has 2 amide bonds. The lowest BCUT2D eigenvalue weighted by Gasteiger charge is -2.42. The molecule has 0 saturated heterocycles. The van der Waals surface area contributed by atoms with Crippen molar-refractivity contribution in [2.75, 3.05) is 10.2 Å². The van der Waals surface area contributed by atoms with Crippen molar-refractivity contribution in [3.8, 4) is 0 Å². The van der Waals surface area contributed by atoms with Crippen LogP contribution in [0.2, 0.25) is 10.0 Å². The maximum absolute atomic E-state index is 13.2. The number of halogens is 2. The molecule has 0 spiro atoms. The Balaban J connectivity index is 2.05. The molecule has 0 atom stereocenters. The molecule has 0 aliphatic carbocycles. The Kier molecular flexibility index (Phi) is 4.80. The summed E-state index contributed by atoms with van der Waals surface area (Å²) >= 11 is 12.0. The summed E-state index contributed by atoms with van der Waals surface area (Å²) in [6, 6.07) is 9.10. The second-order valence-corrected chi connectivity index (χ2v) is 8.17. The smallest absolute Gasteiger partial charge is 0.307 e. The molecule has 0 radical (unpaired) electrons.